The first kappa shape index (κ1) is 17.8. The number of likely N-dealkylation sites (N-methyl/N-ethyl adjacent to an activating group) is 1. The summed E-state index contributed by atoms with van der Waals surface area (Å²) in [5.41, 5.74) is 0.449. The number of carbonyl (C=O) groups excluding carboxylic acids is 1. The maximum atomic E-state index is 11.8. The molecule has 1 N–H and O–H groups in total. The third-order valence-corrected chi connectivity index (χ3v) is 2.76. The fourth-order valence-corrected chi connectivity index (χ4v) is 1.65. The standard InChI is InChI=1S/C16H23NO5/c1-11-6-7-12(14(18)19)13(10-11)21-9-8-17(5)15(20)22-16(2,3)4/h6-7,10H,8-9H2,1-5H3,(H,18,19). The molecule has 0 bridgehead atoms. The summed E-state index contributed by atoms with van der Waals surface area (Å²) in [6.07, 6.45) is -0.446. The van der Waals surface area contributed by atoms with Gasteiger partial charge in [-0.25, -0.2) is 9.59 Å². The van der Waals surface area contributed by atoms with E-state index in [-0.39, 0.29) is 12.2 Å². The molecule has 0 unspecified atom stereocenters. The summed E-state index contributed by atoms with van der Waals surface area (Å²) in [6, 6.07) is 4.88. The molecule has 6 heteroatoms. The normalized spacial score (nSPS) is 11.0. The molecule has 0 aliphatic rings. The second kappa shape index (κ2) is 7.15. The zero-order valence-corrected chi connectivity index (χ0v) is 13.7. The summed E-state index contributed by atoms with van der Waals surface area (Å²) in [5.74, 6) is -0.749. The van der Waals surface area contributed by atoms with Crippen molar-refractivity contribution in [2.45, 2.75) is 33.3 Å². The number of amides is 1. The van der Waals surface area contributed by atoms with Gasteiger partial charge in [0.2, 0.25) is 0 Å². The number of hydrogen-bond acceptors (Lipinski definition) is 4. The van der Waals surface area contributed by atoms with Gasteiger partial charge in [0.25, 0.3) is 0 Å². The number of rotatable bonds is 5. The van der Waals surface area contributed by atoms with Crippen LogP contribution >= 0.6 is 0 Å². The van der Waals surface area contributed by atoms with Gasteiger partial charge in [-0.2, -0.15) is 0 Å². The number of hydrogen-bond donors (Lipinski definition) is 1. The van der Waals surface area contributed by atoms with Gasteiger partial charge in [0.1, 0.15) is 23.5 Å². The van der Waals surface area contributed by atoms with Gasteiger partial charge in [0.15, 0.2) is 0 Å². The number of benzene rings is 1. The molecule has 0 aromatic heterocycles. The van der Waals surface area contributed by atoms with Gasteiger partial charge in [-0.3, -0.25) is 0 Å². The van der Waals surface area contributed by atoms with Gasteiger partial charge >= 0.3 is 12.1 Å². The Bertz CT molecular complexity index is 548. The average Bonchev–Trinajstić information content (AvgIpc) is 2.36. The van der Waals surface area contributed by atoms with E-state index < -0.39 is 17.7 Å². The molecule has 1 aromatic carbocycles. The van der Waals surface area contributed by atoms with Gasteiger partial charge in [0.05, 0.1) is 6.54 Å². The molecule has 0 aliphatic carbocycles. The van der Waals surface area contributed by atoms with Crippen LogP contribution in [0.25, 0.3) is 0 Å². The Balaban J connectivity index is 2.59. The lowest BCUT2D eigenvalue weighted by Gasteiger charge is -2.24. The Kier molecular flexibility index (Phi) is 5.79. The van der Waals surface area contributed by atoms with E-state index in [1.165, 1.54) is 11.0 Å². The lowest BCUT2D eigenvalue weighted by Crippen LogP contribution is -2.36. The average molecular weight is 309 g/mol. The number of carboxylic acids is 1. The Morgan fingerprint density at radius 1 is 1.27 bits per heavy atom. The Labute approximate surface area is 130 Å². The van der Waals surface area contributed by atoms with E-state index in [0.717, 1.165) is 5.56 Å². The van der Waals surface area contributed by atoms with Crippen molar-refractivity contribution >= 4 is 12.1 Å². The molecule has 122 valence electrons. The van der Waals surface area contributed by atoms with Crippen LogP contribution in [0.2, 0.25) is 0 Å². The van der Waals surface area contributed by atoms with Crippen molar-refractivity contribution < 1.29 is 24.2 Å². The van der Waals surface area contributed by atoms with Gasteiger partial charge < -0.3 is 19.5 Å². The van der Waals surface area contributed by atoms with E-state index in [0.29, 0.717) is 12.3 Å². The second-order valence-electron chi connectivity index (χ2n) is 6.06. The van der Waals surface area contributed by atoms with Gasteiger partial charge in [-0.05, 0) is 45.4 Å². The van der Waals surface area contributed by atoms with Crippen molar-refractivity contribution in [1.82, 2.24) is 4.90 Å². The minimum atomic E-state index is -1.05. The van der Waals surface area contributed by atoms with Crippen molar-refractivity contribution in [3.63, 3.8) is 0 Å². The van der Waals surface area contributed by atoms with Crippen LogP contribution < -0.4 is 4.74 Å². The highest BCUT2D eigenvalue weighted by atomic mass is 16.6. The third kappa shape index (κ3) is 5.63. The molecule has 1 rings (SSSR count). The monoisotopic (exact) mass is 309 g/mol. The summed E-state index contributed by atoms with van der Waals surface area (Å²) >= 11 is 0. The molecule has 0 atom stereocenters. The SMILES string of the molecule is Cc1ccc(C(=O)O)c(OCCN(C)C(=O)OC(C)(C)C)c1. The Morgan fingerprint density at radius 2 is 1.91 bits per heavy atom. The predicted octanol–water partition coefficient (Wildman–Crippen LogP) is 2.94. The molecule has 0 radical (unpaired) electrons. The zero-order chi connectivity index (χ0) is 16.9. The molecule has 1 aromatic rings. The molecule has 1 amide bonds. The first-order valence-corrected chi connectivity index (χ1v) is 7.01. The molecule has 0 spiro atoms. The maximum Gasteiger partial charge on any atom is 0.410 e. The minimum Gasteiger partial charge on any atom is -0.491 e. The number of carbonyl (C=O) groups is 2. The first-order valence-electron chi connectivity index (χ1n) is 7.01. The highest BCUT2D eigenvalue weighted by molar-refractivity contribution is 5.90. The van der Waals surface area contributed by atoms with E-state index in [1.54, 1.807) is 40.0 Å². The Hall–Kier alpha value is -2.24. The largest absolute Gasteiger partial charge is 0.491 e. The van der Waals surface area contributed by atoms with Crippen molar-refractivity contribution in [2.24, 2.45) is 0 Å². The van der Waals surface area contributed by atoms with Crippen LogP contribution in [0.15, 0.2) is 18.2 Å². The summed E-state index contributed by atoms with van der Waals surface area (Å²) in [7, 11) is 1.60. The van der Waals surface area contributed by atoms with Crippen LogP contribution in [0.4, 0.5) is 4.79 Å². The molecule has 0 aliphatic heterocycles. The topological polar surface area (TPSA) is 76.1 Å². The molecule has 22 heavy (non-hydrogen) atoms. The minimum absolute atomic E-state index is 0.102. The smallest absolute Gasteiger partial charge is 0.410 e. The van der Waals surface area contributed by atoms with Gasteiger partial charge in [0, 0.05) is 7.05 Å². The van der Waals surface area contributed by atoms with E-state index in [9.17, 15) is 9.59 Å². The fraction of sp³-hybridized carbons (Fsp3) is 0.500. The molecule has 0 fully saturated rings. The van der Waals surface area contributed by atoms with Crippen molar-refractivity contribution in [3.8, 4) is 5.75 Å². The molecule has 0 saturated carbocycles. The van der Waals surface area contributed by atoms with Gasteiger partial charge in [-0.15, -0.1) is 0 Å². The highest BCUT2D eigenvalue weighted by Crippen LogP contribution is 2.20. The lowest BCUT2D eigenvalue weighted by molar-refractivity contribution is 0.0277. The van der Waals surface area contributed by atoms with E-state index in [4.69, 9.17) is 14.6 Å². The number of nitrogens with zero attached hydrogens (tertiary/aromatic N) is 1. The van der Waals surface area contributed by atoms with Gasteiger partial charge in [-0.1, -0.05) is 6.07 Å². The van der Waals surface area contributed by atoms with Crippen LogP contribution in [0, 0.1) is 6.92 Å². The van der Waals surface area contributed by atoms with Crippen LogP contribution in [-0.2, 0) is 4.74 Å². The number of ether oxygens (including phenoxy) is 2. The van der Waals surface area contributed by atoms with Crippen LogP contribution in [-0.4, -0.2) is 47.9 Å². The van der Waals surface area contributed by atoms with Crippen molar-refractivity contribution in [3.05, 3.63) is 29.3 Å². The fourth-order valence-electron chi connectivity index (χ4n) is 1.65. The van der Waals surface area contributed by atoms with E-state index >= 15 is 0 Å². The second-order valence-corrected chi connectivity index (χ2v) is 6.06. The summed E-state index contributed by atoms with van der Waals surface area (Å²) in [4.78, 5) is 24.3. The predicted molar refractivity (Wildman–Crippen MR) is 82.5 cm³/mol. The molecular formula is C16H23NO5. The van der Waals surface area contributed by atoms with Crippen LogP contribution in [0.3, 0.4) is 0 Å². The number of aryl methyl sites for hydroxylation is 1. The van der Waals surface area contributed by atoms with Crippen LogP contribution in [0.1, 0.15) is 36.7 Å². The highest BCUT2D eigenvalue weighted by Gasteiger charge is 2.19. The molecule has 0 heterocycles. The number of aromatic carboxylic acids is 1. The molecule has 6 nitrogen and oxygen atoms in total. The van der Waals surface area contributed by atoms with Crippen molar-refractivity contribution in [2.75, 3.05) is 20.2 Å². The van der Waals surface area contributed by atoms with E-state index in [2.05, 4.69) is 0 Å². The molecule has 0 saturated heterocycles. The Morgan fingerprint density at radius 3 is 2.45 bits per heavy atom. The number of carboxylic acid groups (broad SMARTS) is 1. The van der Waals surface area contributed by atoms with Crippen molar-refractivity contribution in [1.29, 1.82) is 0 Å². The quantitative estimate of drug-likeness (QED) is 0.905. The summed E-state index contributed by atoms with van der Waals surface area (Å²) in [6.45, 7) is 7.70. The molecular weight excluding hydrogens is 286 g/mol. The zero-order valence-electron chi connectivity index (χ0n) is 13.7. The lowest BCUT2D eigenvalue weighted by atomic mass is 10.1. The van der Waals surface area contributed by atoms with E-state index in [1.807, 2.05) is 6.92 Å². The third-order valence-electron chi connectivity index (χ3n) is 2.76. The van der Waals surface area contributed by atoms with Crippen LogP contribution in [0.5, 0.6) is 5.75 Å². The first-order chi connectivity index (χ1) is 10.1. The summed E-state index contributed by atoms with van der Waals surface area (Å²) < 4.78 is 10.7. The maximum absolute atomic E-state index is 11.8. The summed E-state index contributed by atoms with van der Waals surface area (Å²) in [5, 5.41) is 9.12.